The zero-order valence-corrected chi connectivity index (χ0v) is 13.0. The van der Waals surface area contributed by atoms with Gasteiger partial charge in [0, 0.05) is 11.4 Å². The van der Waals surface area contributed by atoms with Crippen molar-refractivity contribution in [1.29, 1.82) is 0 Å². The number of hydrazine groups is 1. The molecular weight excluding hydrogens is 293 g/mol. The van der Waals surface area contributed by atoms with Gasteiger partial charge in [-0.1, -0.05) is 29.3 Å². The number of nitrogens with zero attached hydrogens (tertiary/aromatic N) is 1. The molecule has 3 N–H and O–H groups in total. The van der Waals surface area contributed by atoms with Crippen molar-refractivity contribution in [3.63, 3.8) is 0 Å². The summed E-state index contributed by atoms with van der Waals surface area (Å²) < 4.78 is 0. The van der Waals surface area contributed by atoms with Crippen LogP contribution in [0.5, 0.6) is 0 Å². The molecule has 1 aromatic heterocycles. The second-order valence-corrected chi connectivity index (χ2v) is 5.67. The van der Waals surface area contributed by atoms with Crippen LogP contribution in [0.25, 0.3) is 0 Å². The van der Waals surface area contributed by atoms with Crippen molar-refractivity contribution in [2.75, 3.05) is 0 Å². The molecule has 106 valence electrons. The Bertz CT molecular complexity index is 594. The number of halogens is 2. The summed E-state index contributed by atoms with van der Waals surface area (Å²) in [6.07, 6.45) is 0.732. The van der Waals surface area contributed by atoms with E-state index in [1.807, 2.05) is 38.1 Å². The van der Waals surface area contributed by atoms with E-state index in [0.717, 1.165) is 28.9 Å². The molecule has 0 aliphatic heterocycles. The fourth-order valence-electron chi connectivity index (χ4n) is 2.24. The topological polar surface area (TPSA) is 50.9 Å². The van der Waals surface area contributed by atoms with E-state index < -0.39 is 0 Å². The first kappa shape index (κ1) is 15.3. The van der Waals surface area contributed by atoms with Crippen molar-refractivity contribution in [3.8, 4) is 0 Å². The van der Waals surface area contributed by atoms with Crippen LogP contribution in [-0.2, 0) is 6.42 Å². The van der Waals surface area contributed by atoms with Gasteiger partial charge in [-0.05, 0) is 55.7 Å². The van der Waals surface area contributed by atoms with Crippen LogP contribution in [0.1, 0.15) is 28.6 Å². The van der Waals surface area contributed by atoms with E-state index in [4.69, 9.17) is 29.0 Å². The molecule has 0 saturated heterocycles. The van der Waals surface area contributed by atoms with Gasteiger partial charge in [0.1, 0.15) is 0 Å². The Balaban J connectivity index is 2.26. The second kappa shape index (κ2) is 6.55. The second-order valence-electron chi connectivity index (χ2n) is 4.86. The van der Waals surface area contributed by atoms with E-state index in [2.05, 4.69) is 10.4 Å². The molecule has 1 aromatic carbocycles. The maximum atomic E-state index is 6.04. The zero-order chi connectivity index (χ0) is 14.7. The van der Waals surface area contributed by atoms with Crippen molar-refractivity contribution < 1.29 is 0 Å². The number of aryl methyl sites for hydroxylation is 2. The standard InChI is InChI=1S/C15H17Cl2N3/c1-9-5-12(6-10(2)19-9)15(20-18)8-11-3-4-13(16)14(17)7-11/h3-7,15,20H,8,18H2,1-2H3. The number of hydrogen-bond donors (Lipinski definition) is 2. The number of aromatic nitrogens is 1. The number of rotatable bonds is 4. The molecule has 1 unspecified atom stereocenters. The first-order valence-corrected chi connectivity index (χ1v) is 7.10. The lowest BCUT2D eigenvalue weighted by Gasteiger charge is -2.17. The molecule has 0 fully saturated rings. The van der Waals surface area contributed by atoms with Crippen molar-refractivity contribution in [2.24, 2.45) is 5.84 Å². The molecule has 0 bridgehead atoms. The van der Waals surface area contributed by atoms with Crippen molar-refractivity contribution in [3.05, 3.63) is 62.9 Å². The van der Waals surface area contributed by atoms with Gasteiger partial charge < -0.3 is 0 Å². The molecule has 0 spiro atoms. The summed E-state index contributed by atoms with van der Waals surface area (Å²) in [4.78, 5) is 4.38. The maximum Gasteiger partial charge on any atom is 0.0595 e. The minimum atomic E-state index is 0.00708. The molecule has 5 heteroatoms. The number of hydrogen-bond acceptors (Lipinski definition) is 3. The summed E-state index contributed by atoms with van der Waals surface area (Å²) in [6, 6.07) is 9.71. The predicted octanol–water partition coefficient (Wildman–Crippen LogP) is 3.75. The van der Waals surface area contributed by atoms with Crippen LogP contribution in [0.3, 0.4) is 0 Å². The van der Waals surface area contributed by atoms with E-state index in [0.29, 0.717) is 10.0 Å². The van der Waals surface area contributed by atoms with Gasteiger partial charge in [0.15, 0.2) is 0 Å². The molecule has 2 aromatic rings. The highest BCUT2D eigenvalue weighted by Crippen LogP contribution is 2.25. The molecule has 0 aliphatic carbocycles. The van der Waals surface area contributed by atoms with Crippen LogP contribution >= 0.6 is 23.2 Å². The third-order valence-electron chi connectivity index (χ3n) is 3.13. The van der Waals surface area contributed by atoms with E-state index >= 15 is 0 Å². The van der Waals surface area contributed by atoms with Gasteiger partial charge in [-0.2, -0.15) is 0 Å². The van der Waals surface area contributed by atoms with Gasteiger partial charge in [-0.25, -0.2) is 0 Å². The van der Waals surface area contributed by atoms with E-state index in [9.17, 15) is 0 Å². The molecule has 0 saturated carbocycles. The maximum absolute atomic E-state index is 6.04. The van der Waals surface area contributed by atoms with Crippen LogP contribution in [0.15, 0.2) is 30.3 Å². The van der Waals surface area contributed by atoms with E-state index in [1.165, 1.54) is 0 Å². The van der Waals surface area contributed by atoms with Gasteiger partial charge in [0.25, 0.3) is 0 Å². The van der Waals surface area contributed by atoms with Crippen LogP contribution < -0.4 is 11.3 Å². The lowest BCUT2D eigenvalue weighted by atomic mass is 9.99. The largest absolute Gasteiger partial charge is 0.271 e. The Morgan fingerprint density at radius 1 is 1.10 bits per heavy atom. The summed E-state index contributed by atoms with van der Waals surface area (Å²) in [5, 5.41) is 1.12. The van der Waals surface area contributed by atoms with Crippen LogP contribution in [-0.4, -0.2) is 4.98 Å². The van der Waals surface area contributed by atoms with Gasteiger partial charge >= 0.3 is 0 Å². The quantitative estimate of drug-likeness (QED) is 0.668. The normalized spacial score (nSPS) is 12.4. The van der Waals surface area contributed by atoms with Gasteiger partial charge in [0.2, 0.25) is 0 Å². The Morgan fingerprint density at radius 3 is 2.30 bits per heavy atom. The highest BCUT2D eigenvalue weighted by molar-refractivity contribution is 6.42. The smallest absolute Gasteiger partial charge is 0.0595 e. The first-order chi connectivity index (χ1) is 9.49. The lowest BCUT2D eigenvalue weighted by molar-refractivity contribution is 0.550. The van der Waals surface area contributed by atoms with E-state index in [1.54, 1.807) is 6.07 Å². The molecule has 1 heterocycles. The molecule has 1 atom stereocenters. The number of benzene rings is 1. The number of nitrogens with one attached hydrogen (secondary N) is 1. The summed E-state index contributed by atoms with van der Waals surface area (Å²) in [7, 11) is 0. The SMILES string of the molecule is Cc1cc(C(Cc2ccc(Cl)c(Cl)c2)NN)cc(C)n1. The minimum Gasteiger partial charge on any atom is -0.271 e. The molecule has 2 rings (SSSR count). The van der Waals surface area contributed by atoms with Crippen molar-refractivity contribution in [1.82, 2.24) is 10.4 Å². The Labute approximate surface area is 129 Å². The number of nitrogens with two attached hydrogens (primary N) is 1. The van der Waals surface area contributed by atoms with E-state index in [-0.39, 0.29) is 6.04 Å². The Hall–Kier alpha value is -1.13. The average Bonchev–Trinajstić information content (AvgIpc) is 2.38. The predicted molar refractivity (Wildman–Crippen MR) is 83.9 cm³/mol. The summed E-state index contributed by atoms with van der Waals surface area (Å²) in [5.41, 5.74) is 7.01. The fraction of sp³-hybridized carbons (Fsp3) is 0.267. The highest BCUT2D eigenvalue weighted by atomic mass is 35.5. The third-order valence-corrected chi connectivity index (χ3v) is 3.87. The fourth-order valence-corrected chi connectivity index (χ4v) is 2.56. The molecular formula is C15H17Cl2N3. The summed E-state index contributed by atoms with van der Waals surface area (Å²) in [5.74, 6) is 5.69. The Kier molecular flexibility index (Phi) is 5.00. The van der Waals surface area contributed by atoms with Gasteiger partial charge in [-0.15, -0.1) is 0 Å². The summed E-state index contributed by atoms with van der Waals surface area (Å²) >= 11 is 12.0. The molecule has 0 aliphatic rings. The monoisotopic (exact) mass is 309 g/mol. The van der Waals surface area contributed by atoms with Gasteiger partial charge in [-0.3, -0.25) is 16.3 Å². The van der Waals surface area contributed by atoms with Crippen LogP contribution in [0, 0.1) is 13.8 Å². The lowest BCUT2D eigenvalue weighted by Crippen LogP contribution is -2.29. The molecule has 20 heavy (non-hydrogen) atoms. The summed E-state index contributed by atoms with van der Waals surface area (Å²) in [6.45, 7) is 3.95. The van der Waals surface area contributed by atoms with Crippen LogP contribution in [0.2, 0.25) is 10.0 Å². The average molecular weight is 310 g/mol. The van der Waals surface area contributed by atoms with Crippen molar-refractivity contribution >= 4 is 23.2 Å². The molecule has 0 radical (unpaired) electrons. The first-order valence-electron chi connectivity index (χ1n) is 6.35. The number of pyridine rings is 1. The van der Waals surface area contributed by atoms with Crippen molar-refractivity contribution in [2.45, 2.75) is 26.3 Å². The Morgan fingerprint density at radius 2 is 1.75 bits per heavy atom. The third kappa shape index (κ3) is 3.70. The van der Waals surface area contributed by atoms with Crippen LogP contribution in [0.4, 0.5) is 0 Å². The molecule has 3 nitrogen and oxygen atoms in total. The molecule has 0 amide bonds. The highest BCUT2D eigenvalue weighted by Gasteiger charge is 2.12. The minimum absolute atomic E-state index is 0.00708. The zero-order valence-electron chi connectivity index (χ0n) is 11.5. The van der Waals surface area contributed by atoms with Gasteiger partial charge in [0.05, 0.1) is 16.1 Å².